The smallest absolute Gasteiger partial charge is 0.179 e. The van der Waals surface area contributed by atoms with Gasteiger partial charge in [-0.05, 0) is 0 Å². The van der Waals surface area contributed by atoms with E-state index in [1.807, 2.05) is 0 Å². The molecule has 0 bridgehead atoms. The summed E-state index contributed by atoms with van der Waals surface area (Å²) in [7, 11) is 4.82. The van der Waals surface area contributed by atoms with Gasteiger partial charge in [0.2, 0.25) is 0 Å². The third kappa shape index (κ3) is 6.76. The second kappa shape index (κ2) is 10.4. The first-order valence-corrected chi connectivity index (χ1v) is 5.72. The summed E-state index contributed by atoms with van der Waals surface area (Å²) >= 11 is 0. The van der Waals surface area contributed by atoms with Gasteiger partial charge in [0.15, 0.2) is 16.8 Å². The maximum Gasteiger partial charge on any atom is 0.179 e. The van der Waals surface area contributed by atoms with Gasteiger partial charge in [-0.15, -0.1) is 0 Å². The van der Waals surface area contributed by atoms with Crippen LogP contribution >= 0.6 is 16.8 Å². The van der Waals surface area contributed by atoms with Crippen LogP contribution in [0.4, 0.5) is 0 Å². The molecule has 0 rings (SSSR count). The van der Waals surface area contributed by atoms with Gasteiger partial charge in [-0.1, -0.05) is 0 Å². The summed E-state index contributed by atoms with van der Waals surface area (Å²) in [6.07, 6.45) is 0. The molecule has 0 saturated carbocycles. The first kappa shape index (κ1) is 15.7. The molecule has 0 saturated heterocycles. The summed E-state index contributed by atoms with van der Waals surface area (Å²) in [6, 6.07) is 0. The first-order chi connectivity index (χ1) is 5.28. The van der Waals surface area contributed by atoms with E-state index in [9.17, 15) is 0 Å². The van der Waals surface area contributed by atoms with E-state index in [-0.39, 0.29) is 18.6 Å². The standard InChI is InChI=1S/C5H14O4P2.V/c1-6-10(7-2)5-11(8-3)9-4;/h5H2,1-4H3;. The van der Waals surface area contributed by atoms with E-state index < -0.39 is 16.8 Å². The van der Waals surface area contributed by atoms with Gasteiger partial charge in [0.25, 0.3) is 0 Å². The molecule has 0 aromatic rings. The van der Waals surface area contributed by atoms with E-state index in [0.29, 0.717) is 5.90 Å². The van der Waals surface area contributed by atoms with Crippen molar-refractivity contribution in [2.24, 2.45) is 0 Å². The molecule has 0 unspecified atom stereocenters. The van der Waals surface area contributed by atoms with Crippen molar-refractivity contribution >= 4 is 16.8 Å². The van der Waals surface area contributed by atoms with Crippen molar-refractivity contribution in [3.63, 3.8) is 0 Å². The Balaban J connectivity index is 0. The van der Waals surface area contributed by atoms with E-state index in [1.54, 1.807) is 28.4 Å². The third-order valence-electron chi connectivity index (χ3n) is 1.05. The maximum absolute atomic E-state index is 5.03. The van der Waals surface area contributed by atoms with Gasteiger partial charge < -0.3 is 18.1 Å². The van der Waals surface area contributed by atoms with Crippen LogP contribution in [0.25, 0.3) is 0 Å². The molecule has 0 aromatic heterocycles. The Morgan fingerprint density at radius 3 is 1.17 bits per heavy atom. The first-order valence-electron chi connectivity index (χ1n) is 3.00. The van der Waals surface area contributed by atoms with Crippen molar-refractivity contribution in [1.82, 2.24) is 0 Å². The summed E-state index contributed by atoms with van der Waals surface area (Å²) in [5.74, 6) is 0.699. The van der Waals surface area contributed by atoms with Crippen LogP contribution < -0.4 is 0 Å². The van der Waals surface area contributed by atoms with Crippen molar-refractivity contribution in [2.45, 2.75) is 0 Å². The Kier molecular flexibility index (Phi) is 13.6. The quantitative estimate of drug-likeness (QED) is 0.678. The van der Waals surface area contributed by atoms with Gasteiger partial charge in [-0.2, -0.15) is 0 Å². The van der Waals surface area contributed by atoms with E-state index in [0.717, 1.165) is 0 Å². The van der Waals surface area contributed by atoms with Gasteiger partial charge in [-0.3, -0.25) is 0 Å². The van der Waals surface area contributed by atoms with E-state index >= 15 is 0 Å². The summed E-state index contributed by atoms with van der Waals surface area (Å²) in [4.78, 5) is 0. The van der Waals surface area contributed by atoms with Crippen LogP contribution in [0.1, 0.15) is 0 Å². The van der Waals surface area contributed by atoms with Gasteiger partial charge in [0, 0.05) is 47.0 Å². The summed E-state index contributed by atoms with van der Waals surface area (Å²) < 4.78 is 20.1. The normalized spacial score (nSPS) is 10.5. The maximum atomic E-state index is 5.03. The molecular formula is C5H14O4P2V. The van der Waals surface area contributed by atoms with Crippen LogP contribution in [-0.4, -0.2) is 34.3 Å². The molecule has 4 nitrogen and oxygen atoms in total. The summed E-state index contributed by atoms with van der Waals surface area (Å²) in [5.41, 5.74) is 0. The minimum atomic E-state index is -0.828. The Hall–Kier alpha value is 1.28. The van der Waals surface area contributed by atoms with Gasteiger partial charge in [0.1, 0.15) is 0 Å². The molecule has 0 fully saturated rings. The van der Waals surface area contributed by atoms with Crippen LogP contribution in [0.5, 0.6) is 0 Å². The SMILES string of the molecule is COP(CP(OC)OC)OC.[V]. The van der Waals surface area contributed by atoms with Crippen molar-refractivity contribution in [2.75, 3.05) is 34.3 Å². The molecular weight excluding hydrogens is 237 g/mol. The Bertz CT molecular complexity index is 79.5. The monoisotopic (exact) mass is 251 g/mol. The molecule has 12 heavy (non-hydrogen) atoms. The molecule has 73 valence electrons. The second-order valence-electron chi connectivity index (χ2n) is 1.54. The van der Waals surface area contributed by atoms with Gasteiger partial charge in [-0.25, -0.2) is 0 Å². The molecule has 0 spiro atoms. The molecule has 0 aliphatic heterocycles. The molecule has 0 amide bonds. The third-order valence-corrected chi connectivity index (χ3v) is 4.52. The predicted octanol–water partition coefficient (Wildman–Crippen LogP) is 2.15. The molecule has 0 aliphatic rings. The van der Waals surface area contributed by atoms with Crippen molar-refractivity contribution in [3.05, 3.63) is 0 Å². The minimum absolute atomic E-state index is 0. The molecule has 0 atom stereocenters. The molecule has 0 aromatic carbocycles. The van der Waals surface area contributed by atoms with E-state index in [4.69, 9.17) is 18.1 Å². The van der Waals surface area contributed by atoms with Gasteiger partial charge in [0.05, 0.1) is 5.90 Å². The average Bonchev–Trinajstić information content (AvgIpc) is 2.07. The van der Waals surface area contributed by atoms with Crippen LogP contribution in [0.15, 0.2) is 0 Å². The van der Waals surface area contributed by atoms with Crippen LogP contribution in [-0.2, 0) is 36.7 Å². The van der Waals surface area contributed by atoms with Crippen LogP contribution in [0, 0.1) is 0 Å². The molecule has 1 radical (unpaired) electrons. The Morgan fingerprint density at radius 1 is 0.750 bits per heavy atom. The van der Waals surface area contributed by atoms with E-state index in [1.165, 1.54) is 0 Å². The van der Waals surface area contributed by atoms with Gasteiger partial charge >= 0.3 is 0 Å². The molecule has 0 N–H and O–H groups in total. The fraction of sp³-hybridized carbons (Fsp3) is 1.00. The van der Waals surface area contributed by atoms with E-state index in [2.05, 4.69) is 0 Å². The van der Waals surface area contributed by atoms with Crippen molar-refractivity contribution in [3.8, 4) is 0 Å². The molecule has 0 heterocycles. The van der Waals surface area contributed by atoms with Crippen LogP contribution in [0.2, 0.25) is 0 Å². The zero-order chi connectivity index (χ0) is 8.69. The largest absolute Gasteiger partial charge is 0.337 e. The predicted molar refractivity (Wildman–Crippen MR) is 46.7 cm³/mol. The molecule has 0 aliphatic carbocycles. The van der Waals surface area contributed by atoms with Crippen molar-refractivity contribution in [1.29, 1.82) is 0 Å². The Morgan fingerprint density at radius 2 is 1.00 bits per heavy atom. The zero-order valence-electron chi connectivity index (χ0n) is 7.68. The number of hydrogen-bond acceptors (Lipinski definition) is 4. The fourth-order valence-corrected chi connectivity index (χ4v) is 3.37. The Labute approximate surface area is 88.0 Å². The minimum Gasteiger partial charge on any atom is -0.337 e. The zero-order valence-corrected chi connectivity index (χ0v) is 10.9. The molecule has 7 heteroatoms. The van der Waals surface area contributed by atoms with Crippen molar-refractivity contribution < 1.29 is 36.7 Å². The van der Waals surface area contributed by atoms with Crippen LogP contribution in [0.3, 0.4) is 0 Å². The topological polar surface area (TPSA) is 36.9 Å². The summed E-state index contributed by atoms with van der Waals surface area (Å²) in [6.45, 7) is 0. The number of hydrogen-bond donors (Lipinski definition) is 0. The fourth-order valence-electron chi connectivity index (χ4n) is 0.474. The average molecular weight is 251 g/mol. The summed E-state index contributed by atoms with van der Waals surface area (Å²) in [5, 5.41) is 0. The number of rotatable bonds is 6. The second-order valence-corrected chi connectivity index (χ2v) is 5.46.